The lowest BCUT2D eigenvalue weighted by molar-refractivity contribution is -0.0924. The Morgan fingerprint density at radius 3 is 2.34 bits per heavy atom. The van der Waals surface area contributed by atoms with Crippen molar-refractivity contribution in [2.45, 2.75) is 42.8 Å². The van der Waals surface area contributed by atoms with Gasteiger partial charge in [-0.15, -0.1) is 0 Å². The quantitative estimate of drug-likeness (QED) is 0.745. The Balaban J connectivity index is 1.38. The van der Waals surface area contributed by atoms with E-state index in [9.17, 15) is 14.0 Å². The van der Waals surface area contributed by atoms with Crippen LogP contribution in [-0.4, -0.2) is 39.8 Å². The first-order valence-corrected chi connectivity index (χ1v) is 9.82. The normalized spacial score (nSPS) is 29.1. The van der Waals surface area contributed by atoms with Crippen LogP contribution in [0, 0.1) is 5.82 Å². The second-order valence-corrected chi connectivity index (χ2v) is 8.55. The highest BCUT2D eigenvalue weighted by atomic mass is 19.1. The standard InChI is InChI=1S/C22H22FN3O3/c23-16-7-5-15(6-8-16)18-17-4-2-1-3-14(17)9-10-26(18)19(27)24-21-11-22(12-21,13-21)25-20(28)29/h1-8,18,25H,9-13H2,(H,24,27)(H,28,29)/t18-,21?,22?/m1/s1. The molecular weight excluding hydrogens is 373 g/mol. The van der Waals surface area contributed by atoms with Crippen LogP contribution in [0.15, 0.2) is 48.5 Å². The molecular formula is C22H22FN3O3. The van der Waals surface area contributed by atoms with Crippen molar-refractivity contribution < 1.29 is 19.1 Å². The molecule has 6 rings (SSSR count). The van der Waals surface area contributed by atoms with Gasteiger partial charge in [0.1, 0.15) is 5.82 Å². The van der Waals surface area contributed by atoms with E-state index in [0.717, 1.165) is 17.5 Å². The molecule has 1 heterocycles. The van der Waals surface area contributed by atoms with Crippen molar-refractivity contribution in [2.75, 3.05) is 6.54 Å². The summed E-state index contributed by atoms with van der Waals surface area (Å²) < 4.78 is 13.5. The number of hydrogen-bond donors (Lipinski definition) is 3. The molecule has 2 aromatic rings. The average molecular weight is 395 g/mol. The molecule has 0 radical (unpaired) electrons. The van der Waals surface area contributed by atoms with Crippen LogP contribution in [0.3, 0.4) is 0 Å². The van der Waals surface area contributed by atoms with Crippen molar-refractivity contribution in [3.8, 4) is 0 Å². The van der Waals surface area contributed by atoms with Crippen LogP contribution in [0.25, 0.3) is 0 Å². The summed E-state index contributed by atoms with van der Waals surface area (Å²) in [5.74, 6) is -0.307. The predicted molar refractivity (Wildman–Crippen MR) is 104 cm³/mol. The maximum absolute atomic E-state index is 13.5. The van der Waals surface area contributed by atoms with E-state index in [2.05, 4.69) is 16.7 Å². The first-order chi connectivity index (χ1) is 13.9. The lowest BCUT2D eigenvalue weighted by Gasteiger charge is -2.70. The van der Waals surface area contributed by atoms with E-state index in [0.29, 0.717) is 25.8 Å². The van der Waals surface area contributed by atoms with E-state index in [1.165, 1.54) is 17.7 Å². The number of carbonyl (C=O) groups excluding carboxylic acids is 1. The number of nitrogens with zero attached hydrogens (tertiary/aromatic N) is 1. The highest BCUT2D eigenvalue weighted by Crippen LogP contribution is 2.60. The summed E-state index contributed by atoms with van der Waals surface area (Å²) in [6, 6.07) is 13.9. The van der Waals surface area contributed by atoms with Crippen molar-refractivity contribution in [2.24, 2.45) is 0 Å². The van der Waals surface area contributed by atoms with E-state index in [1.807, 2.05) is 23.1 Å². The molecule has 2 aromatic carbocycles. The number of halogens is 1. The predicted octanol–water partition coefficient (Wildman–Crippen LogP) is 3.43. The van der Waals surface area contributed by atoms with E-state index in [1.54, 1.807) is 12.1 Å². The van der Waals surface area contributed by atoms with Gasteiger partial charge in [-0.2, -0.15) is 0 Å². The number of urea groups is 1. The number of benzene rings is 2. The van der Waals surface area contributed by atoms with Gasteiger partial charge in [0, 0.05) is 12.1 Å². The lowest BCUT2D eigenvalue weighted by atomic mass is 9.44. The van der Waals surface area contributed by atoms with Gasteiger partial charge < -0.3 is 20.6 Å². The molecule has 6 nitrogen and oxygen atoms in total. The summed E-state index contributed by atoms with van der Waals surface area (Å²) in [4.78, 5) is 25.9. The third-order valence-electron chi connectivity index (χ3n) is 6.50. The summed E-state index contributed by atoms with van der Waals surface area (Å²) in [5.41, 5.74) is 2.44. The van der Waals surface area contributed by atoms with Crippen molar-refractivity contribution in [3.63, 3.8) is 0 Å². The first kappa shape index (κ1) is 18.0. The highest BCUT2D eigenvalue weighted by Gasteiger charge is 2.69. The van der Waals surface area contributed by atoms with Gasteiger partial charge >= 0.3 is 12.1 Å². The van der Waals surface area contributed by atoms with Crippen LogP contribution >= 0.6 is 0 Å². The number of carbonyl (C=O) groups is 2. The molecule has 4 aliphatic rings. The van der Waals surface area contributed by atoms with Crippen LogP contribution in [0.1, 0.15) is 42.0 Å². The minimum atomic E-state index is -1.02. The second kappa shape index (κ2) is 6.20. The summed E-state index contributed by atoms with van der Waals surface area (Å²) in [6.45, 7) is 0.569. The van der Waals surface area contributed by atoms with Gasteiger partial charge in [-0.25, -0.2) is 14.0 Å². The maximum atomic E-state index is 13.5. The molecule has 0 spiro atoms. The van der Waals surface area contributed by atoms with E-state index in [-0.39, 0.29) is 29.0 Å². The Morgan fingerprint density at radius 2 is 1.66 bits per heavy atom. The summed E-state index contributed by atoms with van der Waals surface area (Å²) in [6.07, 6.45) is 1.63. The van der Waals surface area contributed by atoms with Gasteiger partial charge in [-0.3, -0.25) is 0 Å². The fourth-order valence-corrected chi connectivity index (χ4v) is 5.37. The monoisotopic (exact) mass is 395 g/mol. The minimum absolute atomic E-state index is 0.155. The average Bonchev–Trinajstić information content (AvgIpc) is 2.65. The van der Waals surface area contributed by atoms with Crippen molar-refractivity contribution in [1.29, 1.82) is 0 Å². The molecule has 3 fully saturated rings. The van der Waals surface area contributed by atoms with Gasteiger partial charge in [-0.1, -0.05) is 36.4 Å². The Morgan fingerprint density at radius 1 is 1.00 bits per heavy atom. The first-order valence-electron chi connectivity index (χ1n) is 9.82. The number of carboxylic acid groups (broad SMARTS) is 1. The molecule has 0 unspecified atom stereocenters. The van der Waals surface area contributed by atoms with Crippen LogP contribution < -0.4 is 10.6 Å². The second-order valence-electron chi connectivity index (χ2n) is 8.55. The van der Waals surface area contributed by atoms with Crippen molar-refractivity contribution >= 4 is 12.1 Å². The van der Waals surface area contributed by atoms with E-state index >= 15 is 0 Å². The molecule has 3 saturated carbocycles. The fourth-order valence-electron chi connectivity index (χ4n) is 5.37. The number of fused-ring (bicyclic) bond motifs is 1. The van der Waals surface area contributed by atoms with Gasteiger partial charge in [0.05, 0.1) is 11.6 Å². The zero-order valence-electron chi connectivity index (χ0n) is 15.8. The molecule has 7 heteroatoms. The van der Waals surface area contributed by atoms with Gasteiger partial charge in [0.25, 0.3) is 0 Å². The van der Waals surface area contributed by atoms with Gasteiger partial charge in [-0.05, 0) is 54.5 Å². The molecule has 150 valence electrons. The van der Waals surface area contributed by atoms with Crippen LogP contribution in [0.5, 0.6) is 0 Å². The molecule has 3 aliphatic carbocycles. The Labute approximate surface area is 167 Å². The fraction of sp³-hybridized carbons (Fsp3) is 0.364. The van der Waals surface area contributed by atoms with E-state index in [4.69, 9.17) is 5.11 Å². The zero-order valence-corrected chi connectivity index (χ0v) is 15.8. The van der Waals surface area contributed by atoms with Crippen LogP contribution in [0.2, 0.25) is 0 Å². The number of hydrogen-bond acceptors (Lipinski definition) is 2. The van der Waals surface area contributed by atoms with Crippen LogP contribution in [-0.2, 0) is 6.42 Å². The lowest BCUT2D eigenvalue weighted by Crippen LogP contribution is -2.84. The summed E-state index contributed by atoms with van der Waals surface area (Å²) >= 11 is 0. The van der Waals surface area contributed by atoms with Crippen molar-refractivity contribution in [1.82, 2.24) is 15.5 Å². The number of rotatable bonds is 3. The smallest absolute Gasteiger partial charge is 0.405 e. The van der Waals surface area contributed by atoms with E-state index < -0.39 is 6.09 Å². The number of nitrogens with one attached hydrogen (secondary N) is 2. The Bertz CT molecular complexity index is 971. The maximum Gasteiger partial charge on any atom is 0.405 e. The third kappa shape index (κ3) is 2.92. The summed E-state index contributed by atoms with van der Waals surface area (Å²) in [5, 5.41) is 14.7. The highest BCUT2D eigenvalue weighted by molar-refractivity contribution is 5.78. The molecule has 1 atom stereocenters. The third-order valence-corrected chi connectivity index (χ3v) is 6.50. The SMILES string of the molecule is O=C(O)NC12CC(NC(=O)N3CCc4ccccc4[C@H]3c3ccc(F)cc3)(C1)C2. The Hall–Kier alpha value is -3.09. The number of amides is 3. The summed E-state index contributed by atoms with van der Waals surface area (Å²) in [7, 11) is 0. The topological polar surface area (TPSA) is 81.7 Å². The molecule has 3 N–H and O–H groups in total. The van der Waals surface area contributed by atoms with Crippen molar-refractivity contribution in [3.05, 3.63) is 71.0 Å². The molecule has 0 aromatic heterocycles. The molecule has 1 aliphatic heterocycles. The van der Waals surface area contributed by atoms with Gasteiger partial charge in [0.15, 0.2) is 0 Å². The molecule has 29 heavy (non-hydrogen) atoms. The van der Waals surface area contributed by atoms with Crippen LogP contribution in [0.4, 0.5) is 14.0 Å². The molecule has 2 bridgehead atoms. The molecule has 3 amide bonds. The minimum Gasteiger partial charge on any atom is -0.465 e. The molecule has 0 saturated heterocycles. The largest absolute Gasteiger partial charge is 0.465 e. The zero-order chi connectivity index (χ0) is 20.2. The Kier molecular flexibility index (Phi) is 3.84. The van der Waals surface area contributed by atoms with Gasteiger partial charge in [0.2, 0.25) is 0 Å².